The first kappa shape index (κ1) is 22.5. The fourth-order valence-electron chi connectivity index (χ4n) is 6.01. The Morgan fingerprint density at radius 2 is 1.86 bits per heavy atom. The predicted molar refractivity (Wildman–Crippen MR) is 136 cm³/mol. The summed E-state index contributed by atoms with van der Waals surface area (Å²) < 4.78 is 7.52. The second-order valence-corrected chi connectivity index (χ2v) is 10.2. The summed E-state index contributed by atoms with van der Waals surface area (Å²) in [5.74, 6) is 2.85. The highest BCUT2D eigenvalue weighted by molar-refractivity contribution is 5.46. The van der Waals surface area contributed by atoms with Crippen LogP contribution in [0.1, 0.15) is 50.1 Å². The van der Waals surface area contributed by atoms with E-state index in [1.807, 2.05) is 10.6 Å². The smallest absolute Gasteiger partial charge is 0.250 e. The number of ether oxygens (including phenoxy) is 1. The number of fused-ring (bicyclic) bond motifs is 4. The van der Waals surface area contributed by atoms with Crippen molar-refractivity contribution in [3.05, 3.63) is 45.9 Å². The molecule has 0 spiro atoms. The Bertz CT molecular complexity index is 1140. The number of piperidine rings is 1. The molecule has 186 valence electrons. The van der Waals surface area contributed by atoms with Gasteiger partial charge in [-0.05, 0) is 50.5 Å². The van der Waals surface area contributed by atoms with Crippen LogP contribution in [0.5, 0.6) is 0 Å². The largest absolute Gasteiger partial charge is 0.378 e. The highest BCUT2D eigenvalue weighted by Gasteiger charge is 2.36. The second kappa shape index (κ2) is 9.97. The highest BCUT2D eigenvalue weighted by atomic mass is 16.5. The van der Waals surface area contributed by atoms with E-state index in [4.69, 9.17) is 19.7 Å². The average molecular weight is 478 g/mol. The molecule has 9 nitrogen and oxygen atoms in total. The molecule has 5 heterocycles. The maximum atomic E-state index is 12.4. The van der Waals surface area contributed by atoms with E-state index in [1.54, 1.807) is 11.6 Å². The van der Waals surface area contributed by atoms with Gasteiger partial charge in [-0.25, -0.2) is 0 Å². The quantitative estimate of drug-likeness (QED) is 0.636. The molecule has 6 rings (SSSR count). The second-order valence-electron chi connectivity index (χ2n) is 10.2. The third-order valence-electron chi connectivity index (χ3n) is 7.78. The average Bonchev–Trinajstić information content (AvgIpc) is 2.90. The summed E-state index contributed by atoms with van der Waals surface area (Å²) in [6, 6.07) is 5.66. The van der Waals surface area contributed by atoms with E-state index in [9.17, 15) is 4.79 Å². The van der Waals surface area contributed by atoms with Gasteiger partial charge in [0.1, 0.15) is 0 Å². The molecule has 35 heavy (non-hydrogen) atoms. The fraction of sp³-hybridized carbons (Fsp3) is 0.615. The van der Waals surface area contributed by atoms with Crippen LogP contribution in [0.4, 0.5) is 17.8 Å². The molecule has 2 aromatic heterocycles. The van der Waals surface area contributed by atoms with E-state index in [-0.39, 0.29) is 5.56 Å². The molecule has 0 radical (unpaired) electrons. The number of anilines is 3. The van der Waals surface area contributed by atoms with Crippen LogP contribution in [0.3, 0.4) is 0 Å². The molecular formula is C26H35N7O2. The minimum absolute atomic E-state index is 0.111. The van der Waals surface area contributed by atoms with Crippen LogP contribution in [-0.4, -0.2) is 65.5 Å². The van der Waals surface area contributed by atoms with Crippen LogP contribution < -0.4 is 20.7 Å². The fourth-order valence-corrected chi connectivity index (χ4v) is 6.01. The Hall–Kier alpha value is -2.94. The molecule has 0 aromatic carbocycles. The van der Waals surface area contributed by atoms with Gasteiger partial charge in [0.25, 0.3) is 5.56 Å². The molecule has 0 saturated carbocycles. The lowest BCUT2D eigenvalue weighted by atomic mass is 9.83. The summed E-state index contributed by atoms with van der Waals surface area (Å²) in [6.45, 7) is 6.24. The van der Waals surface area contributed by atoms with Crippen LogP contribution in [0.2, 0.25) is 0 Å². The number of hydrogen-bond acceptors (Lipinski definition) is 8. The van der Waals surface area contributed by atoms with Gasteiger partial charge in [0.2, 0.25) is 17.8 Å². The standard InChI is InChI=1S/C26H35N7O2/c34-23-8-4-7-22-21-15-20(17-33(22)23)16-32(18-21)26-29-24(27-10-9-19-5-2-1-3-6-19)28-25(30-26)31-11-13-35-14-12-31/h4-5,7-8,20-21H,1-3,6,9-18H2,(H,27,28,29,30)/t20-,21-/m0/s1. The molecule has 2 aromatic rings. The molecule has 2 bridgehead atoms. The third kappa shape index (κ3) is 4.91. The summed E-state index contributed by atoms with van der Waals surface area (Å²) in [7, 11) is 0. The molecule has 2 fully saturated rings. The van der Waals surface area contributed by atoms with Gasteiger partial charge >= 0.3 is 0 Å². The Kier molecular flexibility index (Phi) is 6.41. The zero-order chi connectivity index (χ0) is 23.6. The molecule has 9 heteroatoms. The number of aromatic nitrogens is 4. The summed E-state index contributed by atoms with van der Waals surface area (Å²) >= 11 is 0. The lowest BCUT2D eigenvalue weighted by Crippen LogP contribution is -2.48. The topological polar surface area (TPSA) is 88.4 Å². The minimum atomic E-state index is 0.111. The SMILES string of the molecule is O=c1cccc2n1C[C@H]1C[C@H]2CN(c2nc(NCCC3=CCCCC3)nc(N3CCOCC3)n2)C1. The van der Waals surface area contributed by atoms with E-state index in [0.29, 0.717) is 31.0 Å². The van der Waals surface area contributed by atoms with Crippen molar-refractivity contribution in [1.82, 2.24) is 19.5 Å². The van der Waals surface area contributed by atoms with Crippen LogP contribution in [-0.2, 0) is 11.3 Å². The lowest BCUT2D eigenvalue weighted by molar-refractivity contribution is 0.122. The Labute approximate surface area is 206 Å². The minimum Gasteiger partial charge on any atom is -0.378 e. The molecule has 1 aliphatic carbocycles. The van der Waals surface area contributed by atoms with Crippen molar-refractivity contribution in [3.8, 4) is 0 Å². The van der Waals surface area contributed by atoms with Gasteiger partial charge in [-0.1, -0.05) is 17.7 Å². The van der Waals surface area contributed by atoms with E-state index in [1.165, 1.54) is 25.7 Å². The predicted octanol–water partition coefficient (Wildman–Crippen LogP) is 2.80. The molecule has 4 aliphatic rings. The van der Waals surface area contributed by atoms with Gasteiger partial charge in [-0.3, -0.25) is 4.79 Å². The Morgan fingerprint density at radius 3 is 2.69 bits per heavy atom. The number of hydrogen-bond donors (Lipinski definition) is 1. The number of pyridine rings is 1. The van der Waals surface area contributed by atoms with Crippen molar-refractivity contribution in [2.24, 2.45) is 5.92 Å². The molecule has 3 aliphatic heterocycles. The molecule has 0 unspecified atom stereocenters. The molecule has 2 atom stereocenters. The first-order chi connectivity index (χ1) is 17.2. The summed E-state index contributed by atoms with van der Waals surface area (Å²) in [5, 5.41) is 3.49. The van der Waals surface area contributed by atoms with E-state index >= 15 is 0 Å². The number of rotatable bonds is 6. The van der Waals surface area contributed by atoms with E-state index < -0.39 is 0 Å². The summed E-state index contributed by atoms with van der Waals surface area (Å²) in [5.41, 5.74) is 2.80. The zero-order valence-corrected chi connectivity index (χ0v) is 20.4. The van der Waals surface area contributed by atoms with Crippen molar-refractivity contribution in [2.75, 3.05) is 61.1 Å². The van der Waals surface area contributed by atoms with E-state index in [2.05, 4.69) is 27.3 Å². The van der Waals surface area contributed by atoms with Crippen LogP contribution in [0.25, 0.3) is 0 Å². The molecular weight excluding hydrogens is 442 g/mol. The first-order valence-electron chi connectivity index (χ1n) is 13.2. The summed E-state index contributed by atoms with van der Waals surface area (Å²) in [4.78, 5) is 31.5. The van der Waals surface area contributed by atoms with Crippen molar-refractivity contribution >= 4 is 17.8 Å². The van der Waals surface area contributed by atoms with Gasteiger partial charge in [0.05, 0.1) is 13.2 Å². The van der Waals surface area contributed by atoms with Crippen molar-refractivity contribution in [2.45, 2.75) is 51.0 Å². The lowest BCUT2D eigenvalue weighted by Gasteiger charge is -2.42. The Balaban J connectivity index is 1.24. The number of morpholine rings is 1. The number of nitrogens with zero attached hydrogens (tertiary/aromatic N) is 6. The zero-order valence-electron chi connectivity index (χ0n) is 20.4. The van der Waals surface area contributed by atoms with Gasteiger partial charge in [0.15, 0.2) is 0 Å². The molecule has 2 saturated heterocycles. The highest BCUT2D eigenvalue weighted by Crippen LogP contribution is 2.36. The van der Waals surface area contributed by atoms with Gasteiger partial charge in [-0.2, -0.15) is 15.0 Å². The first-order valence-corrected chi connectivity index (χ1v) is 13.2. The maximum Gasteiger partial charge on any atom is 0.250 e. The van der Waals surface area contributed by atoms with Gasteiger partial charge in [-0.15, -0.1) is 0 Å². The maximum absolute atomic E-state index is 12.4. The monoisotopic (exact) mass is 477 g/mol. The van der Waals surface area contributed by atoms with Crippen molar-refractivity contribution in [1.29, 1.82) is 0 Å². The van der Waals surface area contributed by atoms with Gasteiger partial charge in [0, 0.05) is 56.9 Å². The van der Waals surface area contributed by atoms with E-state index in [0.717, 1.165) is 69.7 Å². The van der Waals surface area contributed by atoms with Gasteiger partial charge < -0.3 is 24.4 Å². The third-order valence-corrected chi connectivity index (χ3v) is 7.78. The Morgan fingerprint density at radius 1 is 1.00 bits per heavy atom. The van der Waals surface area contributed by atoms with Crippen LogP contribution in [0, 0.1) is 5.92 Å². The summed E-state index contributed by atoms with van der Waals surface area (Å²) in [6.07, 6.45) is 9.58. The normalized spacial score (nSPS) is 24.1. The van der Waals surface area contributed by atoms with Crippen molar-refractivity contribution in [3.63, 3.8) is 0 Å². The number of nitrogens with one attached hydrogen (secondary N) is 1. The molecule has 0 amide bonds. The van der Waals surface area contributed by atoms with Crippen LogP contribution >= 0.6 is 0 Å². The number of allylic oxidation sites excluding steroid dienone is 1. The van der Waals surface area contributed by atoms with Crippen LogP contribution in [0.15, 0.2) is 34.6 Å². The molecule has 1 N–H and O–H groups in total. The van der Waals surface area contributed by atoms with Crippen molar-refractivity contribution < 1.29 is 4.74 Å².